The van der Waals surface area contributed by atoms with Crippen LogP contribution in [0.15, 0.2) is 103 Å². The van der Waals surface area contributed by atoms with E-state index in [1.165, 1.54) is 11.1 Å². The third-order valence-electron chi connectivity index (χ3n) is 6.16. The molecule has 3 aromatic carbocycles. The van der Waals surface area contributed by atoms with Gasteiger partial charge < -0.3 is 10.2 Å². The highest BCUT2D eigenvalue weighted by Gasteiger charge is 2.26. The number of nitriles is 1. The summed E-state index contributed by atoms with van der Waals surface area (Å²) in [5, 5.41) is 12.4. The maximum Gasteiger partial charge on any atom is 0.263 e. The number of piperazine rings is 1. The van der Waals surface area contributed by atoms with Crippen LogP contribution in [0.5, 0.6) is 0 Å². The summed E-state index contributed by atoms with van der Waals surface area (Å²) in [5.74, 6) is -0.313. The van der Waals surface area contributed by atoms with Crippen molar-refractivity contribution < 1.29 is 4.79 Å². The van der Waals surface area contributed by atoms with Gasteiger partial charge in [0.25, 0.3) is 5.91 Å². The van der Waals surface area contributed by atoms with Crippen LogP contribution < -0.4 is 5.32 Å². The average Bonchev–Trinajstić information content (AvgIpc) is 2.90. The minimum atomic E-state index is -0.313. The van der Waals surface area contributed by atoms with Crippen molar-refractivity contribution in [1.82, 2.24) is 15.1 Å². The zero-order valence-electron chi connectivity index (χ0n) is 19.3. The summed E-state index contributed by atoms with van der Waals surface area (Å²) in [4.78, 5) is 17.1. The number of hydrogen-bond acceptors (Lipinski definition) is 4. The van der Waals surface area contributed by atoms with Crippen LogP contribution in [0.1, 0.15) is 22.7 Å². The fraction of sp³-hybridized carbons (Fsp3) is 0.241. The molecule has 4 rings (SSSR count). The van der Waals surface area contributed by atoms with E-state index < -0.39 is 0 Å². The first-order valence-corrected chi connectivity index (χ1v) is 11.8. The van der Waals surface area contributed by atoms with Crippen LogP contribution in [0.3, 0.4) is 0 Å². The average molecular weight is 451 g/mol. The van der Waals surface area contributed by atoms with Gasteiger partial charge in [-0.1, -0.05) is 91.0 Å². The molecule has 1 fully saturated rings. The molecular weight excluding hydrogens is 420 g/mol. The first-order chi connectivity index (χ1) is 16.7. The Morgan fingerprint density at radius 2 is 1.38 bits per heavy atom. The predicted molar refractivity (Wildman–Crippen MR) is 135 cm³/mol. The maximum absolute atomic E-state index is 12.5. The highest BCUT2D eigenvalue weighted by molar-refractivity contribution is 5.97. The molecule has 1 N–H and O–H groups in total. The fourth-order valence-electron chi connectivity index (χ4n) is 4.39. The topological polar surface area (TPSA) is 59.4 Å². The van der Waals surface area contributed by atoms with E-state index >= 15 is 0 Å². The minimum Gasteiger partial charge on any atom is -0.374 e. The van der Waals surface area contributed by atoms with Gasteiger partial charge in [-0.25, -0.2) is 0 Å². The van der Waals surface area contributed by atoms with Crippen molar-refractivity contribution in [2.45, 2.75) is 12.5 Å². The Balaban J connectivity index is 1.36. The molecule has 0 radical (unpaired) electrons. The molecule has 0 unspecified atom stereocenters. The lowest BCUT2D eigenvalue weighted by Gasteiger charge is -2.39. The second-order valence-electron chi connectivity index (χ2n) is 8.44. The van der Waals surface area contributed by atoms with E-state index in [9.17, 15) is 10.1 Å². The predicted octanol–water partition coefficient (Wildman–Crippen LogP) is 4.16. The monoisotopic (exact) mass is 450 g/mol. The Morgan fingerprint density at radius 3 is 1.91 bits per heavy atom. The zero-order chi connectivity index (χ0) is 23.6. The van der Waals surface area contributed by atoms with E-state index in [-0.39, 0.29) is 17.5 Å². The smallest absolute Gasteiger partial charge is 0.263 e. The molecule has 0 saturated carbocycles. The Hall–Kier alpha value is -3.88. The molecule has 34 heavy (non-hydrogen) atoms. The lowest BCUT2D eigenvalue weighted by molar-refractivity contribution is -0.117. The molecule has 1 aliphatic rings. The lowest BCUT2D eigenvalue weighted by atomic mass is 9.96. The van der Waals surface area contributed by atoms with Gasteiger partial charge in [0.15, 0.2) is 0 Å². The molecule has 0 atom stereocenters. The van der Waals surface area contributed by atoms with E-state index in [1.807, 2.05) is 42.5 Å². The SMILES string of the molecule is N#C/C(=C/N1CCN(C(c2ccccc2)c2ccccc2)CC1)C(=O)NCCc1ccccc1. The van der Waals surface area contributed by atoms with Gasteiger partial charge in [-0.05, 0) is 23.1 Å². The van der Waals surface area contributed by atoms with Crippen molar-refractivity contribution in [2.24, 2.45) is 0 Å². The zero-order valence-corrected chi connectivity index (χ0v) is 19.3. The van der Waals surface area contributed by atoms with Crippen LogP contribution in [0.2, 0.25) is 0 Å². The molecule has 172 valence electrons. The van der Waals surface area contributed by atoms with E-state index in [2.05, 4.69) is 69.7 Å². The van der Waals surface area contributed by atoms with Gasteiger partial charge in [0.05, 0.1) is 6.04 Å². The van der Waals surface area contributed by atoms with Crippen molar-refractivity contribution in [3.05, 3.63) is 119 Å². The normalized spacial score (nSPS) is 14.6. The first-order valence-electron chi connectivity index (χ1n) is 11.8. The summed E-state index contributed by atoms with van der Waals surface area (Å²) in [7, 11) is 0. The van der Waals surface area contributed by atoms with Crippen molar-refractivity contribution in [3.63, 3.8) is 0 Å². The first kappa shape index (κ1) is 23.3. The van der Waals surface area contributed by atoms with Crippen molar-refractivity contribution in [1.29, 1.82) is 5.26 Å². The van der Waals surface area contributed by atoms with Gasteiger partial charge in [0.2, 0.25) is 0 Å². The number of nitrogens with one attached hydrogen (secondary N) is 1. The molecule has 0 spiro atoms. The molecule has 1 aliphatic heterocycles. The van der Waals surface area contributed by atoms with Gasteiger partial charge in [0.1, 0.15) is 11.6 Å². The van der Waals surface area contributed by atoms with Crippen LogP contribution in [-0.4, -0.2) is 48.4 Å². The van der Waals surface area contributed by atoms with Gasteiger partial charge in [-0.15, -0.1) is 0 Å². The Labute approximate surface area is 201 Å². The van der Waals surface area contributed by atoms with E-state index in [1.54, 1.807) is 6.20 Å². The summed E-state index contributed by atoms with van der Waals surface area (Å²) in [5.41, 5.74) is 3.86. The number of carbonyl (C=O) groups is 1. The Morgan fingerprint density at radius 1 is 0.853 bits per heavy atom. The van der Waals surface area contributed by atoms with Gasteiger partial charge >= 0.3 is 0 Å². The van der Waals surface area contributed by atoms with Crippen molar-refractivity contribution >= 4 is 5.91 Å². The molecule has 5 heteroatoms. The third kappa shape index (κ3) is 6.12. The molecule has 0 aliphatic carbocycles. The number of carbonyl (C=O) groups excluding carboxylic acids is 1. The number of amides is 1. The highest BCUT2D eigenvalue weighted by Crippen LogP contribution is 2.29. The van der Waals surface area contributed by atoms with E-state index in [0.717, 1.165) is 38.2 Å². The van der Waals surface area contributed by atoms with Gasteiger partial charge in [-0.2, -0.15) is 5.26 Å². The molecule has 1 heterocycles. The van der Waals surface area contributed by atoms with Crippen LogP contribution >= 0.6 is 0 Å². The van der Waals surface area contributed by atoms with E-state index in [4.69, 9.17) is 0 Å². The summed E-state index contributed by atoms with van der Waals surface area (Å²) < 4.78 is 0. The molecule has 3 aromatic rings. The molecule has 0 bridgehead atoms. The Bertz CT molecular complexity index is 1080. The fourth-order valence-corrected chi connectivity index (χ4v) is 4.39. The van der Waals surface area contributed by atoms with Crippen LogP contribution in [0, 0.1) is 11.3 Å². The molecule has 1 amide bonds. The summed E-state index contributed by atoms with van der Waals surface area (Å²) >= 11 is 0. The number of rotatable bonds is 8. The second-order valence-corrected chi connectivity index (χ2v) is 8.44. The summed E-state index contributed by atoms with van der Waals surface area (Å²) in [6.45, 7) is 3.72. The second kappa shape index (κ2) is 11.8. The van der Waals surface area contributed by atoms with Gasteiger partial charge in [-0.3, -0.25) is 9.69 Å². The Kier molecular flexibility index (Phi) is 8.10. The molecule has 0 aromatic heterocycles. The summed E-state index contributed by atoms with van der Waals surface area (Å²) in [6.07, 6.45) is 2.46. The van der Waals surface area contributed by atoms with Crippen LogP contribution in [0.4, 0.5) is 0 Å². The number of hydrogen-bond donors (Lipinski definition) is 1. The lowest BCUT2D eigenvalue weighted by Crippen LogP contribution is -2.46. The minimum absolute atomic E-state index is 0.157. The van der Waals surface area contributed by atoms with Crippen LogP contribution in [-0.2, 0) is 11.2 Å². The molecule has 1 saturated heterocycles. The van der Waals surface area contributed by atoms with E-state index in [0.29, 0.717) is 6.54 Å². The quantitative estimate of drug-likeness (QED) is 0.414. The van der Waals surface area contributed by atoms with Crippen LogP contribution in [0.25, 0.3) is 0 Å². The third-order valence-corrected chi connectivity index (χ3v) is 6.16. The standard InChI is InChI=1S/C29H30N4O/c30-22-27(29(34)31-17-16-24-10-4-1-5-11-24)23-32-18-20-33(21-19-32)28(25-12-6-2-7-13-25)26-14-8-3-9-15-26/h1-15,23,28H,16-21H2,(H,31,34)/b27-23-. The molecule has 5 nitrogen and oxygen atoms in total. The largest absolute Gasteiger partial charge is 0.374 e. The highest BCUT2D eigenvalue weighted by atomic mass is 16.1. The van der Waals surface area contributed by atoms with Gasteiger partial charge in [0, 0.05) is 38.9 Å². The van der Waals surface area contributed by atoms with Crippen molar-refractivity contribution in [2.75, 3.05) is 32.7 Å². The summed E-state index contributed by atoms with van der Waals surface area (Å²) in [6, 6.07) is 33.4. The van der Waals surface area contributed by atoms with Crippen molar-refractivity contribution in [3.8, 4) is 6.07 Å². The maximum atomic E-state index is 12.5. The molecular formula is C29H30N4O. The number of benzene rings is 3. The number of nitrogens with zero attached hydrogens (tertiary/aromatic N) is 3.